The van der Waals surface area contributed by atoms with Crippen molar-refractivity contribution in [2.45, 2.75) is 31.7 Å². The van der Waals surface area contributed by atoms with E-state index in [1.54, 1.807) is 0 Å². The van der Waals surface area contributed by atoms with Crippen LogP contribution in [0.25, 0.3) is 10.4 Å². The Morgan fingerprint density at radius 2 is 1.96 bits per heavy atom. The van der Waals surface area contributed by atoms with Gasteiger partial charge >= 0.3 is 5.97 Å². The fourth-order valence-corrected chi connectivity index (χ4v) is 4.81. The van der Waals surface area contributed by atoms with Gasteiger partial charge in [-0.15, -0.1) is 11.3 Å². The summed E-state index contributed by atoms with van der Waals surface area (Å²) in [6, 6.07) is 9.61. The SMILES string of the molecule is O=C(O)C1CCCN1C(=O)c1cc2c(s1)-c1ccccc1CC2. The number of hydrogen-bond acceptors (Lipinski definition) is 3. The normalized spacial score (nSPS) is 19.3. The number of hydrogen-bond donors (Lipinski definition) is 1. The Hall–Kier alpha value is -2.14. The van der Waals surface area contributed by atoms with Crippen LogP contribution in [0.1, 0.15) is 33.6 Å². The van der Waals surface area contributed by atoms with Gasteiger partial charge in [0.1, 0.15) is 6.04 Å². The van der Waals surface area contributed by atoms with E-state index in [4.69, 9.17) is 0 Å². The van der Waals surface area contributed by atoms with Crippen molar-refractivity contribution in [3.63, 3.8) is 0 Å². The second-order valence-corrected chi connectivity index (χ2v) is 7.17. The molecule has 1 amide bonds. The summed E-state index contributed by atoms with van der Waals surface area (Å²) >= 11 is 1.50. The predicted molar refractivity (Wildman–Crippen MR) is 88.9 cm³/mol. The number of aliphatic carboxylic acids is 1. The van der Waals surface area contributed by atoms with Crippen LogP contribution in [-0.4, -0.2) is 34.5 Å². The number of rotatable bonds is 2. The molecule has 1 N–H and O–H groups in total. The molecule has 1 fully saturated rings. The van der Waals surface area contributed by atoms with E-state index in [1.165, 1.54) is 37.8 Å². The van der Waals surface area contributed by atoms with Gasteiger partial charge in [-0.3, -0.25) is 4.79 Å². The summed E-state index contributed by atoms with van der Waals surface area (Å²) in [4.78, 5) is 27.4. The van der Waals surface area contributed by atoms with Gasteiger partial charge in [-0.25, -0.2) is 4.79 Å². The van der Waals surface area contributed by atoms with Crippen LogP contribution in [0.2, 0.25) is 0 Å². The molecule has 0 bridgehead atoms. The molecule has 5 heteroatoms. The summed E-state index contributed by atoms with van der Waals surface area (Å²) in [5, 5.41) is 9.28. The number of carbonyl (C=O) groups excluding carboxylic acids is 1. The quantitative estimate of drug-likeness (QED) is 0.921. The molecule has 2 aromatic rings. The van der Waals surface area contributed by atoms with E-state index in [9.17, 15) is 14.7 Å². The third kappa shape index (κ3) is 2.36. The Morgan fingerprint density at radius 3 is 2.78 bits per heavy atom. The molecule has 0 radical (unpaired) electrons. The molecular weight excluding hydrogens is 310 g/mol. The highest BCUT2D eigenvalue weighted by molar-refractivity contribution is 7.17. The number of carboxylic acids is 1. The van der Waals surface area contributed by atoms with Crippen molar-refractivity contribution in [2.24, 2.45) is 0 Å². The number of aryl methyl sites for hydroxylation is 2. The average molecular weight is 327 g/mol. The summed E-state index contributed by atoms with van der Waals surface area (Å²) in [5.41, 5.74) is 3.75. The lowest BCUT2D eigenvalue weighted by molar-refractivity contribution is -0.141. The third-order valence-electron chi connectivity index (χ3n) is 4.74. The highest BCUT2D eigenvalue weighted by atomic mass is 32.1. The average Bonchev–Trinajstić information content (AvgIpc) is 3.21. The van der Waals surface area contributed by atoms with Gasteiger partial charge in [0.05, 0.1) is 4.88 Å². The molecule has 1 aliphatic carbocycles. The van der Waals surface area contributed by atoms with E-state index in [0.29, 0.717) is 17.8 Å². The van der Waals surface area contributed by atoms with E-state index in [0.717, 1.165) is 19.3 Å². The zero-order chi connectivity index (χ0) is 16.0. The Labute approximate surface area is 138 Å². The highest BCUT2D eigenvalue weighted by Crippen LogP contribution is 2.40. The molecule has 2 aliphatic rings. The van der Waals surface area contributed by atoms with Gasteiger partial charge in [0.2, 0.25) is 0 Å². The molecule has 1 atom stereocenters. The minimum Gasteiger partial charge on any atom is -0.480 e. The zero-order valence-corrected chi connectivity index (χ0v) is 13.4. The summed E-state index contributed by atoms with van der Waals surface area (Å²) in [7, 11) is 0. The van der Waals surface area contributed by atoms with Crippen LogP contribution >= 0.6 is 11.3 Å². The Kier molecular flexibility index (Phi) is 3.45. The van der Waals surface area contributed by atoms with Crippen LogP contribution in [0, 0.1) is 0 Å². The molecule has 1 aromatic heterocycles. The van der Waals surface area contributed by atoms with Gasteiger partial charge in [-0.2, -0.15) is 0 Å². The maximum absolute atomic E-state index is 12.8. The Bertz CT molecular complexity index is 795. The molecule has 1 unspecified atom stereocenters. The molecule has 4 nitrogen and oxygen atoms in total. The molecule has 1 aromatic carbocycles. The summed E-state index contributed by atoms with van der Waals surface area (Å²) in [5.74, 6) is -1.03. The van der Waals surface area contributed by atoms with E-state index in [2.05, 4.69) is 12.1 Å². The molecule has 2 heterocycles. The first-order valence-electron chi connectivity index (χ1n) is 7.90. The standard InChI is InChI=1S/C18H17NO3S/c20-17(19-9-3-6-14(19)18(21)22)15-10-12-8-7-11-4-1-2-5-13(11)16(12)23-15/h1-2,4-5,10,14H,3,6-9H2,(H,21,22). The van der Waals surface area contributed by atoms with Gasteiger partial charge < -0.3 is 10.0 Å². The van der Waals surface area contributed by atoms with Crippen molar-refractivity contribution in [1.29, 1.82) is 0 Å². The number of amides is 1. The molecule has 23 heavy (non-hydrogen) atoms. The number of benzene rings is 1. The summed E-state index contributed by atoms with van der Waals surface area (Å²) in [6.07, 6.45) is 3.25. The second kappa shape index (κ2) is 5.49. The van der Waals surface area contributed by atoms with Crippen molar-refractivity contribution in [3.05, 3.63) is 46.3 Å². The fourth-order valence-electron chi connectivity index (χ4n) is 3.59. The van der Waals surface area contributed by atoms with Gasteiger partial charge in [0.15, 0.2) is 0 Å². The molecule has 1 saturated heterocycles. The number of carboxylic acid groups (broad SMARTS) is 1. The Balaban J connectivity index is 1.69. The minimum absolute atomic E-state index is 0.133. The first-order chi connectivity index (χ1) is 11.1. The Morgan fingerprint density at radius 1 is 1.17 bits per heavy atom. The van der Waals surface area contributed by atoms with E-state index >= 15 is 0 Å². The first-order valence-corrected chi connectivity index (χ1v) is 8.71. The number of fused-ring (bicyclic) bond motifs is 3. The topological polar surface area (TPSA) is 57.6 Å². The lowest BCUT2D eigenvalue weighted by Crippen LogP contribution is -2.40. The summed E-state index contributed by atoms with van der Waals surface area (Å²) in [6.45, 7) is 0.537. The van der Waals surface area contributed by atoms with Crippen molar-refractivity contribution in [1.82, 2.24) is 4.90 Å². The second-order valence-electron chi connectivity index (χ2n) is 6.12. The molecule has 4 rings (SSSR count). The number of carbonyl (C=O) groups is 2. The van der Waals surface area contributed by atoms with E-state index < -0.39 is 12.0 Å². The number of nitrogens with zero attached hydrogens (tertiary/aromatic N) is 1. The van der Waals surface area contributed by atoms with Gasteiger partial charge in [0.25, 0.3) is 5.91 Å². The first kappa shape index (κ1) is 14.5. The van der Waals surface area contributed by atoms with Crippen molar-refractivity contribution < 1.29 is 14.7 Å². The number of thiophene rings is 1. The molecule has 1 aliphatic heterocycles. The van der Waals surface area contributed by atoms with Crippen molar-refractivity contribution >= 4 is 23.2 Å². The fraction of sp³-hybridized carbons (Fsp3) is 0.333. The van der Waals surface area contributed by atoms with Crippen molar-refractivity contribution in [3.8, 4) is 10.4 Å². The molecule has 0 saturated carbocycles. The molecular formula is C18H17NO3S. The zero-order valence-electron chi connectivity index (χ0n) is 12.6. The molecule has 118 valence electrons. The highest BCUT2D eigenvalue weighted by Gasteiger charge is 2.35. The molecule has 0 spiro atoms. The van der Waals surface area contributed by atoms with Crippen LogP contribution < -0.4 is 0 Å². The maximum atomic E-state index is 12.8. The maximum Gasteiger partial charge on any atom is 0.326 e. The third-order valence-corrected chi connectivity index (χ3v) is 5.94. The van der Waals surface area contributed by atoms with Crippen LogP contribution in [0.15, 0.2) is 30.3 Å². The van der Waals surface area contributed by atoms with Gasteiger partial charge in [0, 0.05) is 11.4 Å². The predicted octanol–water partition coefficient (Wildman–Crippen LogP) is 3.20. The van der Waals surface area contributed by atoms with Crippen LogP contribution in [0.5, 0.6) is 0 Å². The smallest absolute Gasteiger partial charge is 0.326 e. The summed E-state index contributed by atoms with van der Waals surface area (Å²) < 4.78 is 0. The van der Waals surface area contributed by atoms with Crippen LogP contribution in [-0.2, 0) is 17.6 Å². The van der Waals surface area contributed by atoms with Gasteiger partial charge in [-0.05, 0) is 48.4 Å². The monoisotopic (exact) mass is 327 g/mol. The lowest BCUT2D eigenvalue weighted by Gasteiger charge is -2.20. The lowest BCUT2D eigenvalue weighted by atomic mass is 9.91. The minimum atomic E-state index is -0.900. The van der Waals surface area contributed by atoms with E-state index in [-0.39, 0.29) is 5.91 Å². The van der Waals surface area contributed by atoms with E-state index in [1.807, 2.05) is 18.2 Å². The largest absolute Gasteiger partial charge is 0.480 e. The van der Waals surface area contributed by atoms with Gasteiger partial charge in [-0.1, -0.05) is 24.3 Å². The number of likely N-dealkylation sites (tertiary alicyclic amines) is 1. The van der Waals surface area contributed by atoms with Crippen LogP contribution in [0.4, 0.5) is 0 Å². The van der Waals surface area contributed by atoms with Crippen LogP contribution in [0.3, 0.4) is 0 Å². The van der Waals surface area contributed by atoms with Crippen molar-refractivity contribution in [2.75, 3.05) is 6.54 Å².